The quantitative estimate of drug-likeness (QED) is 0.0591. The Kier molecular flexibility index (Phi) is 14.1. The number of nitrogens with one attached hydrogen (secondary N) is 3. The number of anilines is 1. The molecule has 0 bridgehead atoms. The third-order valence-corrected chi connectivity index (χ3v) is 10.2. The third kappa shape index (κ3) is 10.2. The normalized spacial score (nSPS) is 15.8. The van der Waals surface area contributed by atoms with E-state index in [0.29, 0.717) is 43.5 Å². The van der Waals surface area contributed by atoms with E-state index in [1.54, 1.807) is 41.1 Å². The Labute approximate surface area is 305 Å². The van der Waals surface area contributed by atoms with Crippen molar-refractivity contribution in [2.45, 2.75) is 75.8 Å². The number of unbranched alkanes of at least 4 members (excludes halogenated alkanes) is 2. The molecular weight excluding hydrogens is 698 g/mol. The number of alkyl halides is 1. The fourth-order valence-corrected chi connectivity index (χ4v) is 7.08. The summed E-state index contributed by atoms with van der Waals surface area (Å²) in [7, 11) is 0. The number of benzene rings is 1. The van der Waals surface area contributed by atoms with Crippen molar-refractivity contribution in [3.63, 3.8) is 0 Å². The van der Waals surface area contributed by atoms with Crippen molar-refractivity contribution < 1.29 is 33.6 Å². The minimum absolute atomic E-state index is 0.0618. The molecule has 16 heteroatoms. The lowest BCUT2D eigenvalue weighted by molar-refractivity contribution is -0.162. The van der Waals surface area contributed by atoms with E-state index in [-0.39, 0.29) is 68.8 Å². The molecule has 1 aliphatic carbocycles. The summed E-state index contributed by atoms with van der Waals surface area (Å²) in [5.41, 5.74) is 11.5. The summed E-state index contributed by atoms with van der Waals surface area (Å²) in [6.45, 7) is 0.703. The highest BCUT2D eigenvalue weighted by molar-refractivity contribution is 7.08. The number of thiophene rings is 1. The topological polar surface area (TPSA) is 214 Å². The Hall–Kier alpha value is -4.76. The number of amides is 8. The molecule has 8 amide bonds. The van der Waals surface area contributed by atoms with Gasteiger partial charge in [-0.25, -0.2) is 4.79 Å². The van der Waals surface area contributed by atoms with Crippen LogP contribution in [0.5, 0.6) is 0 Å². The summed E-state index contributed by atoms with van der Waals surface area (Å²) in [4.78, 5) is 92.8. The van der Waals surface area contributed by atoms with E-state index in [2.05, 4.69) is 16.0 Å². The molecule has 2 heterocycles. The van der Waals surface area contributed by atoms with Gasteiger partial charge in [0.1, 0.15) is 11.5 Å². The van der Waals surface area contributed by atoms with Gasteiger partial charge >= 0.3 is 6.03 Å². The summed E-state index contributed by atoms with van der Waals surface area (Å²) < 4.78 is 0. The van der Waals surface area contributed by atoms with Gasteiger partial charge in [-0.15, -0.1) is 11.6 Å². The molecule has 0 unspecified atom stereocenters. The average Bonchev–Trinajstić information content (AvgIpc) is 3.72. The van der Waals surface area contributed by atoms with Crippen LogP contribution in [-0.2, 0) is 34.6 Å². The van der Waals surface area contributed by atoms with Crippen molar-refractivity contribution in [3.8, 4) is 0 Å². The van der Waals surface area contributed by atoms with Crippen molar-refractivity contribution in [2.75, 3.05) is 25.0 Å². The molecule has 1 fully saturated rings. The zero-order chi connectivity index (χ0) is 37.0. The van der Waals surface area contributed by atoms with Crippen molar-refractivity contribution in [3.05, 3.63) is 64.4 Å². The molecule has 4 rings (SSSR count). The summed E-state index contributed by atoms with van der Waals surface area (Å²) in [5, 5.41) is 11.9. The van der Waals surface area contributed by atoms with Crippen LogP contribution >= 0.6 is 22.9 Å². The van der Waals surface area contributed by atoms with Crippen molar-refractivity contribution in [2.24, 2.45) is 16.9 Å². The molecule has 2 atom stereocenters. The molecule has 14 nitrogen and oxygen atoms in total. The molecule has 274 valence electrons. The van der Waals surface area contributed by atoms with Gasteiger partial charge in [-0.3, -0.25) is 33.7 Å². The van der Waals surface area contributed by atoms with Crippen LogP contribution in [0, 0.1) is 5.41 Å². The molecule has 7 N–H and O–H groups in total. The van der Waals surface area contributed by atoms with Crippen LogP contribution in [0.3, 0.4) is 0 Å². The Morgan fingerprint density at radius 3 is 2.18 bits per heavy atom. The third-order valence-electron chi connectivity index (χ3n) is 9.21. The van der Waals surface area contributed by atoms with Gasteiger partial charge in [0.2, 0.25) is 23.6 Å². The van der Waals surface area contributed by atoms with E-state index in [0.717, 1.165) is 5.56 Å². The molecule has 51 heavy (non-hydrogen) atoms. The van der Waals surface area contributed by atoms with E-state index in [4.69, 9.17) is 23.1 Å². The Morgan fingerprint density at radius 2 is 1.61 bits per heavy atom. The van der Waals surface area contributed by atoms with Gasteiger partial charge in [0.15, 0.2) is 0 Å². The number of halogens is 1. The predicted molar refractivity (Wildman–Crippen MR) is 192 cm³/mol. The van der Waals surface area contributed by atoms with Gasteiger partial charge < -0.3 is 32.3 Å². The van der Waals surface area contributed by atoms with Crippen molar-refractivity contribution >= 4 is 70.1 Å². The number of urea groups is 1. The monoisotopic (exact) mass is 741 g/mol. The Balaban J connectivity index is 1.58. The maximum Gasteiger partial charge on any atom is 0.312 e. The second-order valence-corrected chi connectivity index (χ2v) is 13.7. The molecule has 0 saturated heterocycles. The second-order valence-electron chi connectivity index (χ2n) is 12.6. The van der Waals surface area contributed by atoms with E-state index >= 15 is 0 Å². The number of carbonyl (C=O) groups excluding carboxylic acids is 7. The fraction of sp³-hybridized carbons (Fsp3) is 0.457. The summed E-state index contributed by atoms with van der Waals surface area (Å²) >= 11 is 7.30. The zero-order valence-corrected chi connectivity index (χ0v) is 29.8. The van der Waals surface area contributed by atoms with E-state index in [9.17, 15) is 33.6 Å². The smallest absolute Gasteiger partial charge is 0.312 e. The molecule has 1 aliphatic heterocycles. The summed E-state index contributed by atoms with van der Waals surface area (Å²) in [5.74, 6) is -2.76. The lowest BCUT2D eigenvalue weighted by Gasteiger charge is -2.46. The van der Waals surface area contributed by atoms with Crippen LogP contribution in [0.1, 0.15) is 75.0 Å². The summed E-state index contributed by atoms with van der Waals surface area (Å²) in [6.07, 6.45) is 5.37. The number of nitrogens with two attached hydrogens (primary N) is 2. The first-order chi connectivity index (χ1) is 24.5. The first-order valence-corrected chi connectivity index (χ1v) is 18.4. The summed E-state index contributed by atoms with van der Waals surface area (Å²) in [6, 6.07) is 5.79. The Morgan fingerprint density at radius 1 is 0.922 bits per heavy atom. The molecule has 1 aromatic heterocycles. The van der Waals surface area contributed by atoms with Crippen LogP contribution in [0.4, 0.5) is 10.5 Å². The highest BCUT2D eigenvalue weighted by Gasteiger charge is 2.54. The number of rotatable bonds is 20. The number of carbonyl (C=O) groups is 7. The van der Waals surface area contributed by atoms with Crippen LogP contribution < -0.4 is 27.4 Å². The Bertz CT molecular complexity index is 1590. The maximum absolute atomic E-state index is 14.7. The predicted octanol–water partition coefficient (Wildman–Crippen LogP) is 3.07. The van der Waals surface area contributed by atoms with Gasteiger partial charge in [0, 0.05) is 43.4 Å². The number of nitrogens with zero attached hydrogens (tertiary/aromatic N) is 2. The van der Waals surface area contributed by atoms with E-state index in [1.165, 1.54) is 33.3 Å². The van der Waals surface area contributed by atoms with Gasteiger partial charge in [-0.1, -0.05) is 18.6 Å². The molecule has 2 aliphatic rings. The van der Waals surface area contributed by atoms with Crippen LogP contribution in [0.25, 0.3) is 0 Å². The van der Waals surface area contributed by atoms with Gasteiger partial charge in [0.05, 0.1) is 12.5 Å². The van der Waals surface area contributed by atoms with Gasteiger partial charge in [0.25, 0.3) is 11.8 Å². The highest BCUT2D eigenvalue weighted by atomic mass is 35.5. The van der Waals surface area contributed by atoms with Gasteiger partial charge in [-0.2, -0.15) is 11.3 Å². The number of hydrogen-bond donors (Lipinski definition) is 5. The second kappa shape index (κ2) is 18.5. The number of imide groups is 1. The van der Waals surface area contributed by atoms with Crippen molar-refractivity contribution in [1.82, 2.24) is 20.4 Å². The first-order valence-electron chi connectivity index (χ1n) is 16.9. The average molecular weight is 742 g/mol. The first kappa shape index (κ1) is 39.0. The van der Waals surface area contributed by atoms with Crippen LogP contribution in [0.2, 0.25) is 0 Å². The molecule has 1 saturated carbocycles. The lowest BCUT2D eigenvalue weighted by atomic mass is 9.66. The largest absolute Gasteiger partial charge is 0.369 e. The standard InChI is InChI=1S/C35H44ClN7O7S/c36-21-23-7-9-25(10-8-23)41-31(47)26(6-4-17-40-34(38)50)43(33(49)35(32(37)48)14-5-15-35)27(24-13-19-51-22-24)20-28(44)39-16-2-1-3-18-42-29(45)11-12-30(42)46/h7-13,19,22,26-27H,1-6,14-18,20-21H2,(H2,37,48)(H,39,44)(H,41,47)(H3,38,40,50)/t26-,27-/m1/s1. The van der Waals surface area contributed by atoms with Crippen LogP contribution in [0.15, 0.2) is 53.2 Å². The number of hydrogen-bond acceptors (Lipinski definition) is 8. The highest BCUT2D eigenvalue weighted by Crippen LogP contribution is 2.45. The number of primary amides is 2. The van der Waals surface area contributed by atoms with Gasteiger partial charge in [-0.05, 0) is 85.0 Å². The van der Waals surface area contributed by atoms with E-state index < -0.39 is 41.3 Å². The van der Waals surface area contributed by atoms with Crippen LogP contribution in [-0.4, -0.2) is 77.0 Å². The molecular formula is C35H44ClN7O7S. The lowest BCUT2D eigenvalue weighted by Crippen LogP contribution is -2.60. The minimum Gasteiger partial charge on any atom is -0.369 e. The molecule has 2 aromatic rings. The van der Waals surface area contributed by atoms with Crippen molar-refractivity contribution in [1.29, 1.82) is 0 Å². The zero-order valence-electron chi connectivity index (χ0n) is 28.2. The maximum atomic E-state index is 14.7. The van der Waals surface area contributed by atoms with E-state index in [1.807, 2.05) is 0 Å². The minimum atomic E-state index is -1.54. The fourth-order valence-electron chi connectivity index (χ4n) is 6.19. The molecule has 1 aromatic carbocycles. The molecule has 0 radical (unpaired) electrons. The SMILES string of the molecule is NC(=O)NCCC[C@H](C(=O)Nc1ccc(CCl)cc1)N(C(=O)C1(C(N)=O)CCC1)[C@H](CC(=O)NCCCCCN1C(=O)C=CC1=O)c1ccsc1. The molecule has 0 spiro atoms.